The van der Waals surface area contributed by atoms with Crippen molar-refractivity contribution in [2.75, 3.05) is 40.0 Å². The Bertz CT molecular complexity index is 910. The Hall–Kier alpha value is -2.87. The lowest BCUT2D eigenvalue weighted by Gasteiger charge is -2.34. The maximum Gasteiger partial charge on any atom is 0.318 e. The number of amides is 2. The molecule has 2 amide bonds. The molecule has 7 nitrogen and oxygen atoms in total. The van der Waals surface area contributed by atoms with E-state index in [1.165, 1.54) is 12.1 Å². The van der Waals surface area contributed by atoms with Crippen LogP contribution in [0.4, 0.5) is 9.18 Å². The maximum atomic E-state index is 14.0. The number of aryl methyl sites for hydroxylation is 1. The second kappa shape index (κ2) is 8.87. The lowest BCUT2D eigenvalue weighted by molar-refractivity contribution is 0.125. The van der Waals surface area contributed by atoms with Crippen molar-refractivity contribution in [3.8, 4) is 11.6 Å². The third-order valence-corrected chi connectivity index (χ3v) is 5.65. The van der Waals surface area contributed by atoms with Crippen molar-refractivity contribution in [3.05, 3.63) is 53.5 Å². The number of carbonyl (C=O) groups is 1. The summed E-state index contributed by atoms with van der Waals surface area (Å²) >= 11 is 0. The summed E-state index contributed by atoms with van der Waals surface area (Å²) < 4.78 is 30.9. The van der Waals surface area contributed by atoms with Gasteiger partial charge in [0, 0.05) is 49.4 Å². The van der Waals surface area contributed by atoms with E-state index >= 15 is 0 Å². The lowest BCUT2D eigenvalue weighted by atomic mass is 9.85. The van der Waals surface area contributed by atoms with Crippen LogP contribution in [0.15, 0.2) is 36.4 Å². The van der Waals surface area contributed by atoms with Crippen LogP contribution in [0.3, 0.4) is 0 Å². The largest absolute Gasteiger partial charge is 0.493 e. The van der Waals surface area contributed by atoms with Gasteiger partial charge in [0.05, 0.1) is 25.9 Å². The molecule has 1 N–H and O–H groups in total. The van der Waals surface area contributed by atoms with Crippen LogP contribution in [0, 0.1) is 24.6 Å². The van der Waals surface area contributed by atoms with Gasteiger partial charge < -0.3 is 24.4 Å². The molecule has 1 aromatic heterocycles. The van der Waals surface area contributed by atoms with E-state index in [1.54, 1.807) is 18.1 Å². The first-order valence-electron chi connectivity index (χ1n) is 10.1. The Balaban J connectivity index is 1.56. The number of rotatable bonds is 6. The van der Waals surface area contributed by atoms with Gasteiger partial charge in [0.25, 0.3) is 0 Å². The number of ether oxygens (including phenoxy) is 3. The average Bonchev–Trinajstić information content (AvgIpc) is 3.12. The summed E-state index contributed by atoms with van der Waals surface area (Å²) in [7, 11) is 1.59. The molecule has 30 heavy (non-hydrogen) atoms. The first-order valence-corrected chi connectivity index (χ1v) is 10.1. The van der Waals surface area contributed by atoms with Crippen LogP contribution >= 0.6 is 0 Å². The van der Waals surface area contributed by atoms with E-state index in [2.05, 4.69) is 10.3 Å². The van der Waals surface area contributed by atoms with Crippen LogP contribution in [0.25, 0.3) is 0 Å². The number of urea groups is 1. The Kier molecular flexibility index (Phi) is 6.03. The first-order chi connectivity index (χ1) is 14.6. The van der Waals surface area contributed by atoms with Gasteiger partial charge in [-0.3, -0.25) is 0 Å². The van der Waals surface area contributed by atoms with Gasteiger partial charge in [0.2, 0.25) is 5.88 Å². The first kappa shape index (κ1) is 20.4. The highest BCUT2D eigenvalue weighted by atomic mass is 19.1. The summed E-state index contributed by atoms with van der Waals surface area (Å²) in [6, 6.07) is 9.62. The molecule has 1 aromatic carbocycles. The van der Waals surface area contributed by atoms with Gasteiger partial charge in [-0.25, -0.2) is 14.2 Å². The Morgan fingerprint density at radius 2 is 2.23 bits per heavy atom. The fraction of sp³-hybridized carbons (Fsp3) is 0.455. The highest BCUT2D eigenvalue weighted by Gasteiger charge is 2.48. The van der Waals surface area contributed by atoms with Gasteiger partial charge in [0.1, 0.15) is 11.6 Å². The zero-order chi connectivity index (χ0) is 21.1. The number of pyridine rings is 1. The van der Waals surface area contributed by atoms with E-state index in [-0.39, 0.29) is 29.7 Å². The monoisotopic (exact) mass is 415 g/mol. The van der Waals surface area contributed by atoms with Gasteiger partial charge in [0.15, 0.2) is 0 Å². The van der Waals surface area contributed by atoms with Crippen LogP contribution in [0.1, 0.15) is 17.3 Å². The molecular formula is C22H26FN3O4. The number of benzene rings is 1. The number of nitrogens with one attached hydrogen (secondary N) is 1. The molecule has 160 valence electrons. The van der Waals surface area contributed by atoms with Crippen LogP contribution in [-0.4, -0.2) is 55.9 Å². The molecule has 0 aliphatic carbocycles. The van der Waals surface area contributed by atoms with Crippen molar-refractivity contribution in [1.29, 1.82) is 0 Å². The average molecular weight is 415 g/mol. The summed E-state index contributed by atoms with van der Waals surface area (Å²) in [5, 5.41) is 2.88. The van der Waals surface area contributed by atoms with Crippen molar-refractivity contribution in [3.63, 3.8) is 0 Å². The van der Waals surface area contributed by atoms with Crippen molar-refractivity contribution in [2.24, 2.45) is 11.8 Å². The van der Waals surface area contributed by atoms with Gasteiger partial charge >= 0.3 is 6.03 Å². The molecule has 2 aliphatic heterocycles. The fourth-order valence-corrected chi connectivity index (χ4v) is 4.22. The molecular weight excluding hydrogens is 389 g/mol. The molecule has 0 radical (unpaired) electrons. The topological polar surface area (TPSA) is 72.9 Å². The zero-order valence-corrected chi connectivity index (χ0v) is 17.1. The molecule has 1 saturated heterocycles. The van der Waals surface area contributed by atoms with Crippen LogP contribution in [0.5, 0.6) is 11.6 Å². The summed E-state index contributed by atoms with van der Waals surface area (Å²) in [5.74, 6) is 0.854. The summed E-state index contributed by atoms with van der Waals surface area (Å²) in [6.45, 7) is 4.07. The molecule has 8 heteroatoms. The zero-order valence-electron chi connectivity index (χ0n) is 17.1. The van der Waals surface area contributed by atoms with E-state index in [4.69, 9.17) is 14.2 Å². The Labute approximate surface area is 175 Å². The quantitative estimate of drug-likeness (QED) is 0.735. The number of carbonyl (C=O) groups excluding carboxylic acids is 1. The summed E-state index contributed by atoms with van der Waals surface area (Å²) in [6.07, 6.45) is 0. The number of hydrogen-bond donors (Lipinski definition) is 1. The van der Waals surface area contributed by atoms with Crippen molar-refractivity contribution in [2.45, 2.75) is 13.0 Å². The van der Waals surface area contributed by atoms with Crippen LogP contribution < -0.4 is 14.8 Å². The predicted molar refractivity (Wildman–Crippen MR) is 108 cm³/mol. The third kappa shape index (κ3) is 4.18. The van der Waals surface area contributed by atoms with Crippen molar-refractivity contribution < 1.29 is 23.4 Å². The molecule has 3 atom stereocenters. The van der Waals surface area contributed by atoms with E-state index < -0.39 is 0 Å². The normalized spacial score (nSPS) is 22.1. The molecule has 0 saturated carbocycles. The second-order valence-electron chi connectivity index (χ2n) is 7.67. The number of halogens is 1. The van der Waals surface area contributed by atoms with E-state index in [0.717, 1.165) is 5.69 Å². The minimum atomic E-state index is -0.346. The van der Waals surface area contributed by atoms with Crippen LogP contribution in [-0.2, 0) is 4.74 Å². The Morgan fingerprint density at radius 1 is 1.37 bits per heavy atom. The number of nitrogens with zero attached hydrogens (tertiary/aromatic N) is 2. The van der Waals surface area contributed by atoms with Crippen molar-refractivity contribution >= 4 is 6.03 Å². The third-order valence-electron chi connectivity index (χ3n) is 5.65. The summed E-state index contributed by atoms with van der Waals surface area (Å²) in [5.41, 5.74) is 1.57. The van der Waals surface area contributed by atoms with Crippen LogP contribution in [0.2, 0.25) is 0 Å². The molecule has 1 fully saturated rings. The SMILES string of the molecule is COCCNC(=O)N1C[C@@H](COc2cccc(C)n2)[C@@H]2COc3ccc(F)cc3[C@@H]21. The molecule has 2 aliphatic rings. The highest BCUT2D eigenvalue weighted by Crippen LogP contribution is 2.47. The number of likely N-dealkylation sites (tertiary alicyclic amines) is 1. The second-order valence-corrected chi connectivity index (χ2v) is 7.67. The van der Waals surface area contributed by atoms with E-state index in [0.29, 0.717) is 50.1 Å². The minimum Gasteiger partial charge on any atom is -0.493 e. The number of aromatic nitrogens is 1. The van der Waals surface area contributed by atoms with Gasteiger partial charge in [-0.15, -0.1) is 0 Å². The summed E-state index contributed by atoms with van der Waals surface area (Å²) in [4.78, 5) is 19.0. The molecule has 0 bridgehead atoms. The van der Waals surface area contributed by atoms with E-state index in [9.17, 15) is 9.18 Å². The smallest absolute Gasteiger partial charge is 0.318 e. The minimum absolute atomic E-state index is 0.00251. The number of fused-ring (bicyclic) bond motifs is 3. The molecule has 0 unspecified atom stereocenters. The van der Waals surface area contributed by atoms with E-state index in [1.807, 2.05) is 25.1 Å². The predicted octanol–water partition coefficient (Wildman–Crippen LogP) is 2.95. The van der Waals surface area contributed by atoms with Gasteiger partial charge in [-0.05, 0) is 31.2 Å². The molecule has 3 heterocycles. The Morgan fingerprint density at radius 3 is 3.03 bits per heavy atom. The number of methoxy groups -OCH3 is 1. The fourth-order valence-electron chi connectivity index (χ4n) is 4.22. The lowest BCUT2D eigenvalue weighted by Crippen LogP contribution is -2.42. The molecule has 0 spiro atoms. The number of hydrogen-bond acceptors (Lipinski definition) is 5. The van der Waals surface area contributed by atoms with Crippen molar-refractivity contribution in [1.82, 2.24) is 15.2 Å². The molecule has 2 aromatic rings. The maximum absolute atomic E-state index is 14.0. The standard InChI is InChI=1S/C22H26FN3O4/c1-14-4-3-5-20(25-14)30-12-15-11-26(22(27)24-8-9-28-2)21-17-10-16(23)6-7-19(17)29-13-18(15)21/h3-7,10,15,18,21H,8-9,11-13H2,1-2H3,(H,24,27)/t15-,18-,21-/m0/s1. The highest BCUT2D eigenvalue weighted by molar-refractivity contribution is 5.75. The van der Waals surface area contributed by atoms with Gasteiger partial charge in [-0.2, -0.15) is 0 Å². The van der Waals surface area contributed by atoms with Gasteiger partial charge in [-0.1, -0.05) is 6.07 Å². The molecule has 4 rings (SSSR count).